The second-order valence-corrected chi connectivity index (χ2v) is 7.45. The highest BCUT2D eigenvalue weighted by Gasteiger charge is 2.34. The molecule has 1 nitrogen and oxygen atoms in total. The Balaban J connectivity index is 1.86. The van der Waals surface area contributed by atoms with Gasteiger partial charge >= 0.3 is 0 Å². The maximum absolute atomic E-state index is 3.70. The van der Waals surface area contributed by atoms with Crippen molar-refractivity contribution in [1.29, 1.82) is 0 Å². The van der Waals surface area contributed by atoms with Gasteiger partial charge in [-0.3, -0.25) is 0 Å². The average molecular weight is 302 g/mol. The van der Waals surface area contributed by atoms with Gasteiger partial charge < -0.3 is 5.32 Å². The molecule has 1 atom stereocenters. The van der Waals surface area contributed by atoms with Gasteiger partial charge in [0.15, 0.2) is 0 Å². The average Bonchev–Trinajstić information content (AvgIpc) is 2.64. The van der Waals surface area contributed by atoms with Crippen LogP contribution in [0.4, 0.5) is 0 Å². The van der Waals surface area contributed by atoms with Crippen molar-refractivity contribution in [3.8, 4) is 0 Å². The van der Waals surface area contributed by atoms with Crippen LogP contribution < -0.4 is 5.32 Å². The predicted octanol–water partition coefficient (Wildman–Crippen LogP) is 4.74. The maximum Gasteiger partial charge on any atom is 0.0701 e. The third-order valence-electron chi connectivity index (χ3n) is 3.97. The van der Waals surface area contributed by atoms with Gasteiger partial charge in [0.25, 0.3) is 0 Å². The smallest absolute Gasteiger partial charge is 0.0701 e. The zero-order valence-corrected chi connectivity index (χ0v) is 12.5. The Hall–Kier alpha value is 0.140. The van der Waals surface area contributed by atoms with E-state index in [0.29, 0.717) is 11.5 Å². The summed E-state index contributed by atoms with van der Waals surface area (Å²) in [6.45, 7) is 5.77. The normalized spacial score (nSPS) is 20.4. The lowest BCUT2D eigenvalue weighted by molar-refractivity contribution is 0.120. The molecule has 1 aromatic heterocycles. The Morgan fingerprint density at radius 2 is 2.25 bits per heavy atom. The van der Waals surface area contributed by atoms with Gasteiger partial charge in [-0.1, -0.05) is 13.3 Å². The first-order valence-corrected chi connectivity index (χ1v) is 7.75. The fourth-order valence-corrected chi connectivity index (χ4v) is 3.81. The molecule has 3 heteroatoms. The first-order valence-electron chi connectivity index (χ1n) is 6.14. The molecule has 1 fully saturated rings. The van der Waals surface area contributed by atoms with E-state index >= 15 is 0 Å². The van der Waals surface area contributed by atoms with E-state index in [2.05, 4.69) is 47.2 Å². The minimum atomic E-state index is 0.486. The van der Waals surface area contributed by atoms with Gasteiger partial charge in [0, 0.05) is 17.5 Å². The molecular formula is C13H20BrNS. The van der Waals surface area contributed by atoms with E-state index < -0.39 is 0 Å². The minimum absolute atomic E-state index is 0.486. The largest absolute Gasteiger partial charge is 0.309 e. The van der Waals surface area contributed by atoms with Crippen LogP contribution in [0.5, 0.6) is 0 Å². The van der Waals surface area contributed by atoms with Gasteiger partial charge in [-0.2, -0.15) is 0 Å². The summed E-state index contributed by atoms with van der Waals surface area (Å²) in [6, 6.07) is 4.84. The molecule has 0 bridgehead atoms. The highest BCUT2D eigenvalue weighted by molar-refractivity contribution is 9.11. The standard InChI is InChI=1S/C13H20BrNS/c1-3-13(7-4-8-13)9-15-10(2)11-5-6-12(14)16-11/h5-6,10,15H,3-4,7-9H2,1-2H3. The molecule has 16 heavy (non-hydrogen) atoms. The molecule has 0 aliphatic heterocycles. The van der Waals surface area contributed by atoms with E-state index in [1.54, 1.807) is 0 Å². The van der Waals surface area contributed by atoms with Crippen molar-refractivity contribution in [2.45, 2.75) is 45.6 Å². The summed E-state index contributed by atoms with van der Waals surface area (Å²) in [7, 11) is 0. The molecule has 0 amide bonds. The van der Waals surface area contributed by atoms with Crippen LogP contribution in [0.25, 0.3) is 0 Å². The fraction of sp³-hybridized carbons (Fsp3) is 0.692. The number of hydrogen-bond acceptors (Lipinski definition) is 2. The second kappa shape index (κ2) is 5.19. The number of hydrogen-bond donors (Lipinski definition) is 1. The van der Waals surface area contributed by atoms with Gasteiger partial charge in [0.1, 0.15) is 0 Å². The molecule has 1 saturated carbocycles. The number of halogens is 1. The van der Waals surface area contributed by atoms with E-state index in [9.17, 15) is 0 Å². The Morgan fingerprint density at radius 3 is 2.69 bits per heavy atom. The lowest BCUT2D eigenvalue weighted by Gasteiger charge is -2.42. The van der Waals surface area contributed by atoms with Crippen molar-refractivity contribution in [3.05, 3.63) is 20.8 Å². The van der Waals surface area contributed by atoms with Crippen LogP contribution in [0.2, 0.25) is 0 Å². The molecular weight excluding hydrogens is 282 g/mol. The maximum atomic E-state index is 3.70. The van der Waals surface area contributed by atoms with Crippen LogP contribution in [-0.2, 0) is 0 Å². The topological polar surface area (TPSA) is 12.0 Å². The van der Waals surface area contributed by atoms with Crippen LogP contribution in [0.3, 0.4) is 0 Å². The number of thiophene rings is 1. The van der Waals surface area contributed by atoms with E-state index in [0.717, 1.165) is 0 Å². The minimum Gasteiger partial charge on any atom is -0.309 e. The summed E-state index contributed by atoms with van der Waals surface area (Å²) in [5.74, 6) is 0. The fourth-order valence-electron chi connectivity index (χ4n) is 2.36. The molecule has 0 saturated heterocycles. The summed E-state index contributed by atoms with van der Waals surface area (Å²) >= 11 is 5.35. The molecule has 1 aliphatic rings. The highest BCUT2D eigenvalue weighted by atomic mass is 79.9. The van der Waals surface area contributed by atoms with Crippen molar-refractivity contribution in [3.63, 3.8) is 0 Å². The summed E-state index contributed by atoms with van der Waals surface area (Å²) in [5, 5.41) is 3.70. The molecule has 1 aromatic rings. The van der Waals surface area contributed by atoms with Crippen molar-refractivity contribution in [2.75, 3.05) is 6.54 Å². The number of nitrogens with one attached hydrogen (secondary N) is 1. The Bertz CT molecular complexity index is 338. The van der Waals surface area contributed by atoms with Crippen LogP contribution in [0.15, 0.2) is 15.9 Å². The first-order chi connectivity index (χ1) is 7.65. The molecule has 1 unspecified atom stereocenters. The van der Waals surface area contributed by atoms with Crippen molar-refractivity contribution in [1.82, 2.24) is 5.32 Å². The lowest BCUT2D eigenvalue weighted by Crippen LogP contribution is -2.40. The molecule has 1 N–H and O–H groups in total. The molecule has 1 heterocycles. The summed E-state index contributed by atoms with van der Waals surface area (Å²) in [6.07, 6.45) is 5.57. The van der Waals surface area contributed by atoms with E-state index in [1.807, 2.05) is 11.3 Å². The first kappa shape index (κ1) is 12.6. The van der Waals surface area contributed by atoms with Crippen molar-refractivity contribution < 1.29 is 0 Å². The molecule has 2 rings (SSSR count). The molecule has 0 spiro atoms. The van der Waals surface area contributed by atoms with Crippen LogP contribution in [0.1, 0.15) is 50.4 Å². The molecule has 0 aromatic carbocycles. The zero-order chi connectivity index (χ0) is 11.6. The van der Waals surface area contributed by atoms with Gasteiger partial charge in [0.2, 0.25) is 0 Å². The SMILES string of the molecule is CCC1(CNC(C)c2ccc(Br)s2)CCC1. The molecule has 1 aliphatic carbocycles. The molecule has 0 radical (unpaired) electrons. The quantitative estimate of drug-likeness (QED) is 0.828. The Morgan fingerprint density at radius 1 is 1.50 bits per heavy atom. The third kappa shape index (κ3) is 2.69. The van der Waals surface area contributed by atoms with Crippen LogP contribution in [-0.4, -0.2) is 6.54 Å². The van der Waals surface area contributed by atoms with Gasteiger partial charge in [-0.25, -0.2) is 0 Å². The summed E-state index contributed by atoms with van der Waals surface area (Å²) in [5.41, 5.74) is 0.614. The third-order valence-corrected chi connectivity index (χ3v) is 5.77. The van der Waals surface area contributed by atoms with Crippen molar-refractivity contribution >= 4 is 27.3 Å². The monoisotopic (exact) mass is 301 g/mol. The van der Waals surface area contributed by atoms with Gasteiger partial charge in [-0.15, -0.1) is 11.3 Å². The van der Waals surface area contributed by atoms with E-state index in [1.165, 1.54) is 40.9 Å². The van der Waals surface area contributed by atoms with Gasteiger partial charge in [0.05, 0.1) is 3.79 Å². The lowest BCUT2D eigenvalue weighted by atomic mass is 9.67. The zero-order valence-electron chi connectivity index (χ0n) is 10.1. The summed E-state index contributed by atoms with van der Waals surface area (Å²) in [4.78, 5) is 1.43. The van der Waals surface area contributed by atoms with Gasteiger partial charge in [-0.05, 0) is 59.7 Å². The van der Waals surface area contributed by atoms with E-state index in [4.69, 9.17) is 0 Å². The molecule has 90 valence electrons. The Kier molecular flexibility index (Phi) is 4.09. The van der Waals surface area contributed by atoms with Crippen LogP contribution >= 0.6 is 27.3 Å². The highest BCUT2D eigenvalue weighted by Crippen LogP contribution is 2.43. The van der Waals surface area contributed by atoms with Crippen molar-refractivity contribution in [2.24, 2.45) is 5.41 Å². The van der Waals surface area contributed by atoms with E-state index in [-0.39, 0.29) is 0 Å². The Labute approximate surface area is 111 Å². The second-order valence-electron chi connectivity index (χ2n) is 4.95. The van der Waals surface area contributed by atoms with Crippen LogP contribution in [0, 0.1) is 5.41 Å². The predicted molar refractivity (Wildman–Crippen MR) is 75.0 cm³/mol. The number of rotatable bonds is 5. The summed E-state index contributed by atoms with van der Waals surface area (Å²) < 4.78 is 1.23.